The molecule has 0 saturated heterocycles. The minimum absolute atomic E-state index is 0.0677. The van der Waals surface area contributed by atoms with Crippen molar-refractivity contribution in [2.75, 3.05) is 7.11 Å². The maximum Gasteiger partial charge on any atom is 0.268 e. The highest BCUT2D eigenvalue weighted by molar-refractivity contribution is 5.46. The number of methoxy groups -OCH3 is 1. The van der Waals surface area contributed by atoms with Gasteiger partial charge < -0.3 is 19.3 Å². The first-order valence-electron chi connectivity index (χ1n) is 5.57. The number of aromatic hydroxyl groups is 1. The van der Waals surface area contributed by atoms with E-state index in [1.807, 2.05) is 24.3 Å². The van der Waals surface area contributed by atoms with Gasteiger partial charge in [-0.3, -0.25) is 0 Å². The molecule has 0 fully saturated rings. The average Bonchev–Trinajstić information content (AvgIpc) is 2.82. The lowest BCUT2D eigenvalue weighted by Gasteiger charge is -2.12. The summed E-state index contributed by atoms with van der Waals surface area (Å²) in [4.78, 5) is 0. The maximum atomic E-state index is 9.73. The number of fused-ring (bicyclic) bond motifs is 1. The summed E-state index contributed by atoms with van der Waals surface area (Å²) in [6.07, 6.45) is -0.529. The van der Waals surface area contributed by atoms with Gasteiger partial charge in [-0.2, -0.15) is 0 Å². The predicted octanol–water partition coefficient (Wildman–Crippen LogP) is 2.87. The van der Waals surface area contributed by atoms with E-state index < -0.39 is 6.29 Å². The van der Waals surface area contributed by atoms with Crippen LogP contribution in [-0.2, 0) is 0 Å². The highest BCUT2D eigenvalue weighted by atomic mass is 16.7. The quantitative estimate of drug-likeness (QED) is 0.882. The molecule has 2 aromatic carbocycles. The summed E-state index contributed by atoms with van der Waals surface area (Å²) >= 11 is 0. The Labute approximate surface area is 104 Å². The monoisotopic (exact) mass is 244 g/mol. The molecule has 1 aliphatic heterocycles. The molecule has 0 atom stereocenters. The molecule has 2 aromatic rings. The number of benzene rings is 2. The van der Waals surface area contributed by atoms with Gasteiger partial charge >= 0.3 is 0 Å². The molecule has 1 aliphatic rings. The molecule has 0 aliphatic carbocycles. The molecule has 18 heavy (non-hydrogen) atoms. The minimum Gasteiger partial charge on any atom is -0.504 e. The van der Waals surface area contributed by atoms with E-state index >= 15 is 0 Å². The van der Waals surface area contributed by atoms with Gasteiger partial charge in [-0.05, 0) is 30.3 Å². The highest BCUT2D eigenvalue weighted by Crippen LogP contribution is 2.41. The molecule has 3 rings (SSSR count). The summed E-state index contributed by atoms with van der Waals surface area (Å²) in [5, 5.41) is 9.73. The number of ether oxygens (including phenoxy) is 3. The average molecular weight is 244 g/mol. The maximum absolute atomic E-state index is 9.73. The number of phenolic OH excluding ortho intramolecular Hbond substituents is 1. The second kappa shape index (κ2) is 4.14. The van der Waals surface area contributed by atoms with Crippen molar-refractivity contribution in [1.82, 2.24) is 0 Å². The Bertz CT molecular complexity index is 555. The lowest BCUT2D eigenvalue weighted by atomic mass is 10.2. The van der Waals surface area contributed by atoms with E-state index in [4.69, 9.17) is 14.2 Å². The largest absolute Gasteiger partial charge is 0.504 e. The van der Waals surface area contributed by atoms with Crippen LogP contribution in [0, 0.1) is 0 Å². The normalized spacial score (nSPS) is 13.6. The molecule has 0 unspecified atom stereocenters. The van der Waals surface area contributed by atoms with Crippen LogP contribution in [0.5, 0.6) is 23.0 Å². The second-order valence-electron chi connectivity index (χ2n) is 3.95. The number of phenols is 1. The minimum atomic E-state index is -0.529. The van der Waals surface area contributed by atoms with Crippen LogP contribution >= 0.6 is 0 Å². The highest BCUT2D eigenvalue weighted by Gasteiger charge is 2.25. The van der Waals surface area contributed by atoms with Crippen molar-refractivity contribution in [1.29, 1.82) is 0 Å². The van der Waals surface area contributed by atoms with Crippen molar-refractivity contribution < 1.29 is 19.3 Å². The van der Waals surface area contributed by atoms with E-state index in [0.717, 1.165) is 5.56 Å². The van der Waals surface area contributed by atoms with Crippen molar-refractivity contribution in [3.8, 4) is 23.0 Å². The summed E-state index contributed by atoms with van der Waals surface area (Å²) in [5.74, 6) is 1.91. The summed E-state index contributed by atoms with van der Waals surface area (Å²) in [7, 11) is 1.51. The zero-order chi connectivity index (χ0) is 12.5. The zero-order valence-corrected chi connectivity index (χ0v) is 9.79. The Morgan fingerprint density at radius 1 is 1.06 bits per heavy atom. The fourth-order valence-corrected chi connectivity index (χ4v) is 1.89. The topological polar surface area (TPSA) is 47.9 Å². The number of para-hydroxylation sites is 2. The van der Waals surface area contributed by atoms with Crippen LogP contribution in [0.2, 0.25) is 0 Å². The molecule has 0 radical (unpaired) electrons. The summed E-state index contributed by atoms with van der Waals surface area (Å²) in [6, 6.07) is 12.5. The second-order valence-corrected chi connectivity index (χ2v) is 3.95. The molecule has 0 spiro atoms. The van der Waals surface area contributed by atoms with Crippen molar-refractivity contribution in [2.24, 2.45) is 0 Å². The van der Waals surface area contributed by atoms with Crippen molar-refractivity contribution >= 4 is 0 Å². The molecule has 92 valence electrons. The van der Waals surface area contributed by atoms with Gasteiger partial charge in [0.2, 0.25) is 0 Å². The number of hydrogen-bond acceptors (Lipinski definition) is 4. The van der Waals surface area contributed by atoms with Crippen LogP contribution < -0.4 is 14.2 Å². The smallest absolute Gasteiger partial charge is 0.268 e. The fourth-order valence-electron chi connectivity index (χ4n) is 1.89. The molecule has 4 heteroatoms. The summed E-state index contributed by atoms with van der Waals surface area (Å²) in [6.45, 7) is 0. The van der Waals surface area contributed by atoms with Crippen LogP contribution in [0.25, 0.3) is 0 Å². The van der Waals surface area contributed by atoms with Crippen LogP contribution in [-0.4, -0.2) is 12.2 Å². The Kier molecular flexibility index (Phi) is 2.48. The predicted molar refractivity (Wildman–Crippen MR) is 65.1 cm³/mol. The third kappa shape index (κ3) is 1.72. The zero-order valence-electron chi connectivity index (χ0n) is 9.79. The molecule has 0 aromatic heterocycles. The van der Waals surface area contributed by atoms with Gasteiger partial charge in [-0.25, -0.2) is 0 Å². The molecule has 1 N–H and O–H groups in total. The van der Waals surface area contributed by atoms with Crippen molar-refractivity contribution in [2.45, 2.75) is 6.29 Å². The third-order valence-corrected chi connectivity index (χ3v) is 2.79. The van der Waals surface area contributed by atoms with Gasteiger partial charge in [0, 0.05) is 5.56 Å². The van der Waals surface area contributed by atoms with E-state index in [1.54, 1.807) is 18.2 Å². The Balaban J connectivity index is 1.88. The van der Waals surface area contributed by atoms with Gasteiger partial charge in [-0.15, -0.1) is 0 Å². The molecule has 0 bridgehead atoms. The molecule has 0 amide bonds. The first-order valence-corrected chi connectivity index (χ1v) is 5.57. The molecule has 0 saturated carbocycles. The molecule has 1 heterocycles. The number of rotatable bonds is 2. The summed E-state index contributed by atoms with van der Waals surface area (Å²) < 4.78 is 16.3. The van der Waals surface area contributed by atoms with Gasteiger partial charge in [0.15, 0.2) is 23.0 Å². The lowest BCUT2D eigenvalue weighted by Crippen LogP contribution is -2.07. The third-order valence-electron chi connectivity index (χ3n) is 2.79. The van der Waals surface area contributed by atoms with E-state index in [-0.39, 0.29) is 5.75 Å². The van der Waals surface area contributed by atoms with E-state index in [9.17, 15) is 5.11 Å². The van der Waals surface area contributed by atoms with E-state index in [0.29, 0.717) is 17.2 Å². The van der Waals surface area contributed by atoms with E-state index in [2.05, 4.69) is 0 Å². The van der Waals surface area contributed by atoms with E-state index in [1.165, 1.54) is 7.11 Å². The van der Waals surface area contributed by atoms with Crippen molar-refractivity contribution in [3.05, 3.63) is 48.0 Å². The molecule has 4 nitrogen and oxygen atoms in total. The SMILES string of the molecule is COc1ccc(C2Oc3ccccc3O2)cc1O. The first kappa shape index (κ1) is 10.8. The lowest BCUT2D eigenvalue weighted by molar-refractivity contribution is 0.0484. The first-order chi connectivity index (χ1) is 8.78. The molecular weight excluding hydrogens is 232 g/mol. The summed E-state index contributed by atoms with van der Waals surface area (Å²) in [5.41, 5.74) is 0.740. The standard InChI is InChI=1S/C14H12O4/c1-16-11-7-6-9(8-10(11)15)14-17-12-4-2-3-5-13(12)18-14/h2-8,14-15H,1H3. The Hall–Kier alpha value is -2.36. The van der Waals surface area contributed by atoms with Gasteiger partial charge in [0.1, 0.15) is 0 Å². The van der Waals surface area contributed by atoms with Crippen LogP contribution in [0.15, 0.2) is 42.5 Å². The van der Waals surface area contributed by atoms with Gasteiger partial charge in [0.25, 0.3) is 6.29 Å². The number of hydrogen-bond donors (Lipinski definition) is 1. The Morgan fingerprint density at radius 3 is 2.28 bits per heavy atom. The Morgan fingerprint density at radius 2 is 1.72 bits per heavy atom. The molecular formula is C14H12O4. The van der Waals surface area contributed by atoms with Crippen molar-refractivity contribution in [3.63, 3.8) is 0 Å². The van der Waals surface area contributed by atoms with Crippen LogP contribution in [0.1, 0.15) is 11.9 Å². The van der Waals surface area contributed by atoms with Crippen LogP contribution in [0.4, 0.5) is 0 Å². The van der Waals surface area contributed by atoms with Gasteiger partial charge in [0.05, 0.1) is 7.11 Å². The van der Waals surface area contributed by atoms with Crippen LogP contribution in [0.3, 0.4) is 0 Å². The van der Waals surface area contributed by atoms with Gasteiger partial charge in [-0.1, -0.05) is 12.1 Å². The fraction of sp³-hybridized carbons (Fsp3) is 0.143.